The van der Waals surface area contributed by atoms with Crippen LogP contribution in [0.3, 0.4) is 0 Å². The summed E-state index contributed by atoms with van der Waals surface area (Å²) in [7, 11) is 1.64. The molecule has 0 radical (unpaired) electrons. The van der Waals surface area contributed by atoms with E-state index in [0.717, 1.165) is 11.3 Å². The first-order valence-corrected chi connectivity index (χ1v) is 6.75. The van der Waals surface area contributed by atoms with Crippen molar-refractivity contribution in [3.05, 3.63) is 64.7 Å². The van der Waals surface area contributed by atoms with Crippen molar-refractivity contribution in [1.82, 2.24) is 5.32 Å². The Hall–Kier alpha value is -2.00. The van der Waals surface area contributed by atoms with Crippen LogP contribution in [0.25, 0.3) is 0 Å². The minimum absolute atomic E-state index is 0.162. The standard InChI is InChI=1S/C16H16ClNO2/c1-20-15-9-5-2-6-12(15)10-11-18-16(19)13-7-3-4-8-14(13)17/h2-9H,10-11H2,1H3,(H,18,19). The van der Waals surface area contributed by atoms with Gasteiger partial charge in [0.2, 0.25) is 0 Å². The number of hydrogen-bond donors (Lipinski definition) is 1. The molecule has 0 saturated carbocycles. The summed E-state index contributed by atoms with van der Waals surface area (Å²) >= 11 is 5.98. The van der Waals surface area contributed by atoms with Gasteiger partial charge in [-0.1, -0.05) is 41.9 Å². The number of rotatable bonds is 5. The Balaban J connectivity index is 1.93. The number of hydrogen-bond acceptors (Lipinski definition) is 2. The van der Waals surface area contributed by atoms with Crippen LogP contribution < -0.4 is 10.1 Å². The van der Waals surface area contributed by atoms with Crippen molar-refractivity contribution in [2.24, 2.45) is 0 Å². The van der Waals surface area contributed by atoms with Crippen molar-refractivity contribution in [3.8, 4) is 5.75 Å². The second kappa shape index (κ2) is 6.96. The SMILES string of the molecule is COc1ccccc1CCNC(=O)c1ccccc1Cl. The van der Waals surface area contributed by atoms with Crippen molar-refractivity contribution in [2.75, 3.05) is 13.7 Å². The Morgan fingerprint density at radius 2 is 1.85 bits per heavy atom. The van der Waals surface area contributed by atoms with Crippen LogP contribution in [0.4, 0.5) is 0 Å². The molecule has 1 N–H and O–H groups in total. The quantitative estimate of drug-likeness (QED) is 0.917. The van der Waals surface area contributed by atoms with Crippen LogP contribution >= 0.6 is 11.6 Å². The molecule has 0 bridgehead atoms. The maximum absolute atomic E-state index is 12.0. The fraction of sp³-hybridized carbons (Fsp3) is 0.188. The Morgan fingerprint density at radius 3 is 2.60 bits per heavy atom. The largest absolute Gasteiger partial charge is 0.496 e. The van der Waals surface area contributed by atoms with E-state index in [1.54, 1.807) is 31.4 Å². The molecule has 0 heterocycles. The van der Waals surface area contributed by atoms with Crippen LogP contribution in [0.2, 0.25) is 5.02 Å². The van der Waals surface area contributed by atoms with E-state index in [1.165, 1.54) is 0 Å². The lowest BCUT2D eigenvalue weighted by atomic mass is 10.1. The molecular weight excluding hydrogens is 274 g/mol. The summed E-state index contributed by atoms with van der Waals surface area (Å²) in [5, 5.41) is 3.32. The normalized spacial score (nSPS) is 10.1. The molecule has 1 amide bonds. The lowest BCUT2D eigenvalue weighted by Gasteiger charge is -2.09. The molecular formula is C16H16ClNO2. The van der Waals surface area contributed by atoms with Gasteiger partial charge < -0.3 is 10.1 Å². The van der Waals surface area contributed by atoms with E-state index in [0.29, 0.717) is 23.6 Å². The Bertz CT molecular complexity index is 599. The molecule has 2 aromatic carbocycles. The van der Waals surface area contributed by atoms with Gasteiger partial charge in [0, 0.05) is 6.54 Å². The molecule has 4 heteroatoms. The van der Waals surface area contributed by atoms with Crippen molar-refractivity contribution >= 4 is 17.5 Å². The Labute approximate surface area is 123 Å². The molecule has 0 unspecified atom stereocenters. The molecule has 2 aromatic rings. The number of methoxy groups -OCH3 is 1. The van der Waals surface area contributed by atoms with E-state index in [2.05, 4.69) is 5.32 Å². The minimum Gasteiger partial charge on any atom is -0.496 e. The highest BCUT2D eigenvalue weighted by molar-refractivity contribution is 6.33. The first kappa shape index (κ1) is 14.4. The zero-order valence-corrected chi connectivity index (χ0v) is 12.0. The van der Waals surface area contributed by atoms with E-state index in [4.69, 9.17) is 16.3 Å². The Kier molecular flexibility index (Phi) is 5.02. The van der Waals surface area contributed by atoms with Crippen LogP contribution in [0.1, 0.15) is 15.9 Å². The van der Waals surface area contributed by atoms with Gasteiger partial charge in [0.15, 0.2) is 0 Å². The van der Waals surface area contributed by atoms with E-state index in [9.17, 15) is 4.79 Å². The zero-order valence-electron chi connectivity index (χ0n) is 11.2. The van der Waals surface area contributed by atoms with Crippen LogP contribution in [-0.2, 0) is 6.42 Å². The topological polar surface area (TPSA) is 38.3 Å². The van der Waals surface area contributed by atoms with Crippen LogP contribution in [0.15, 0.2) is 48.5 Å². The summed E-state index contributed by atoms with van der Waals surface area (Å²) in [6.07, 6.45) is 0.709. The number of carbonyl (C=O) groups is 1. The lowest BCUT2D eigenvalue weighted by molar-refractivity contribution is 0.0954. The molecule has 0 aliphatic rings. The number of carbonyl (C=O) groups excluding carboxylic acids is 1. The molecule has 0 aliphatic carbocycles. The van der Waals surface area contributed by atoms with Gasteiger partial charge in [-0.3, -0.25) is 4.79 Å². The first-order chi connectivity index (χ1) is 9.72. The number of nitrogens with one attached hydrogen (secondary N) is 1. The number of halogens is 1. The third-order valence-corrected chi connectivity index (χ3v) is 3.32. The summed E-state index contributed by atoms with van der Waals surface area (Å²) in [4.78, 5) is 12.0. The van der Waals surface area contributed by atoms with Crippen molar-refractivity contribution in [3.63, 3.8) is 0 Å². The highest BCUT2D eigenvalue weighted by atomic mass is 35.5. The second-order valence-electron chi connectivity index (χ2n) is 4.30. The van der Waals surface area contributed by atoms with Crippen LogP contribution in [0.5, 0.6) is 5.75 Å². The molecule has 20 heavy (non-hydrogen) atoms. The number of ether oxygens (including phenoxy) is 1. The predicted octanol–water partition coefficient (Wildman–Crippen LogP) is 3.32. The van der Waals surface area contributed by atoms with Gasteiger partial charge in [-0.15, -0.1) is 0 Å². The molecule has 3 nitrogen and oxygen atoms in total. The smallest absolute Gasteiger partial charge is 0.252 e. The third-order valence-electron chi connectivity index (χ3n) is 2.99. The zero-order chi connectivity index (χ0) is 14.4. The van der Waals surface area contributed by atoms with E-state index >= 15 is 0 Å². The van der Waals surface area contributed by atoms with E-state index in [-0.39, 0.29) is 5.91 Å². The lowest BCUT2D eigenvalue weighted by Crippen LogP contribution is -2.26. The molecule has 0 aliphatic heterocycles. The highest BCUT2D eigenvalue weighted by Crippen LogP contribution is 2.18. The Morgan fingerprint density at radius 1 is 1.15 bits per heavy atom. The molecule has 0 spiro atoms. The third kappa shape index (κ3) is 3.52. The summed E-state index contributed by atoms with van der Waals surface area (Å²) in [5.41, 5.74) is 1.56. The summed E-state index contributed by atoms with van der Waals surface area (Å²) in [5.74, 6) is 0.671. The predicted molar refractivity (Wildman–Crippen MR) is 80.5 cm³/mol. The number of amides is 1. The van der Waals surface area contributed by atoms with Gasteiger partial charge >= 0.3 is 0 Å². The maximum atomic E-state index is 12.0. The van der Waals surface area contributed by atoms with E-state index in [1.807, 2.05) is 24.3 Å². The van der Waals surface area contributed by atoms with Gasteiger partial charge in [-0.25, -0.2) is 0 Å². The monoisotopic (exact) mass is 289 g/mol. The van der Waals surface area contributed by atoms with Gasteiger partial charge in [0.1, 0.15) is 5.75 Å². The van der Waals surface area contributed by atoms with Crippen LogP contribution in [0, 0.1) is 0 Å². The molecule has 104 valence electrons. The summed E-state index contributed by atoms with van der Waals surface area (Å²) < 4.78 is 5.27. The number of para-hydroxylation sites is 1. The highest BCUT2D eigenvalue weighted by Gasteiger charge is 2.09. The second-order valence-corrected chi connectivity index (χ2v) is 4.70. The average Bonchev–Trinajstić information content (AvgIpc) is 2.48. The first-order valence-electron chi connectivity index (χ1n) is 6.37. The van der Waals surface area contributed by atoms with Gasteiger partial charge in [0.25, 0.3) is 5.91 Å². The molecule has 0 atom stereocenters. The fourth-order valence-electron chi connectivity index (χ4n) is 1.96. The van der Waals surface area contributed by atoms with E-state index < -0.39 is 0 Å². The van der Waals surface area contributed by atoms with Gasteiger partial charge in [0.05, 0.1) is 17.7 Å². The molecule has 0 aromatic heterocycles. The minimum atomic E-state index is -0.162. The van der Waals surface area contributed by atoms with Crippen LogP contribution in [-0.4, -0.2) is 19.6 Å². The fourth-order valence-corrected chi connectivity index (χ4v) is 2.18. The molecule has 0 fully saturated rings. The van der Waals surface area contributed by atoms with Gasteiger partial charge in [-0.05, 0) is 30.2 Å². The maximum Gasteiger partial charge on any atom is 0.252 e. The van der Waals surface area contributed by atoms with Crippen molar-refractivity contribution < 1.29 is 9.53 Å². The molecule has 0 saturated heterocycles. The summed E-state index contributed by atoms with van der Waals surface area (Å²) in [6.45, 7) is 0.532. The molecule has 2 rings (SSSR count). The summed E-state index contributed by atoms with van der Waals surface area (Å²) in [6, 6.07) is 14.8. The van der Waals surface area contributed by atoms with Gasteiger partial charge in [-0.2, -0.15) is 0 Å². The van der Waals surface area contributed by atoms with Crippen molar-refractivity contribution in [1.29, 1.82) is 0 Å². The number of benzene rings is 2. The van der Waals surface area contributed by atoms with Crippen molar-refractivity contribution in [2.45, 2.75) is 6.42 Å². The average molecular weight is 290 g/mol.